The fourth-order valence-corrected chi connectivity index (χ4v) is 2.56. The van der Waals surface area contributed by atoms with Crippen LogP contribution in [0.3, 0.4) is 0 Å². The molecular formula is C14H23NO7. The lowest BCUT2D eigenvalue weighted by Gasteiger charge is -2.25. The van der Waals surface area contributed by atoms with E-state index >= 15 is 0 Å². The highest BCUT2D eigenvalue weighted by Gasteiger charge is 2.56. The van der Waals surface area contributed by atoms with Crippen LogP contribution in [-0.4, -0.2) is 53.1 Å². The fraction of sp³-hybridized carbons (Fsp3) is 0.857. The van der Waals surface area contributed by atoms with Crippen molar-refractivity contribution < 1.29 is 33.6 Å². The van der Waals surface area contributed by atoms with Crippen molar-refractivity contribution in [2.45, 2.75) is 77.0 Å². The van der Waals surface area contributed by atoms with Gasteiger partial charge in [0.2, 0.25) is 0 Å². The maximum Gasteiger partial charge on any atom is 0.409 e. The quantitative estimate of drug-likeness (QED) is 0.807. The first kappa shape index (κ1) is 17.0. The van der Waals surface area contributed by atoms with Gasteiger partial charge in [-0.25, -0.2) is 4.79 Å². The molecule has 8 nitrogen and oxygen atoms in total. The Kier molecular flexibility index (Phi) is 4.38. The van der Waals surface area contributed by atoms with Gasteiger partial charge in [0.1, 0.15) is 17.8 Å². The van der Waals surface area contributed by atoms with Crippen LogP contribution in [0.2, 0.25) is 0 Å². The van der Waals surface area contributed by atoms with Crippen molar-refractivity contribution in [3.8, 4) is 0 Å². The van der Waals surface area contributed by atoms with Crippen LogP contribution in [-0.2, 0) is 23.7 Å². The third kappa shape index (κ3) is 4.08. The number of hydrogen-bond acceptors (Lipinski definition) is 6. The Morgan fingerprint density at radius 1 is 1.23 bits per heavy atom. The molecule has 0 aliphatic carbocycles. The van der Waals surface area contributed by atoms with Crippen LogP contribution in [0.1, 0.15) is 41.0 Å². The molecule has 2 heterocycles. The van der Waals surface area contributed by atoms with Gasteiger partial charge in [-0.3, -0.25) is 10.1 Å². The number of carboxylic acids is 1. The van der Waals surface area contributed by atoms with Gasteiger partial charge in [0.05, 0.1) is 12.5 Å². The van der Waals surface area contributed by atoms with Gasteiger partial charge in [-0.2, -0.15) is 0 Å². The van der Waals surface area contributed by atoms with Crippen molar-refractivity contribution in [2.75, 3.05) is 0 Å². The number of amides is 1. The van der Waals surface area contributed by atoms with Crippen LogP contribution in [0.5, 0.6) is 0 Å². The molecule has 2 aliphatic rings. The van der Waals surface area contributed by atoms with Gasteiger partial charge in [-0.15, -0.1) is 0 Å². The molecular weight excluding hydrogens is 294 g/mol. The van der Waals surface area contributed by atoms with Gasteiger partial charge >= 0.3 is 12.1 Å². The maximum atomic E-state index is 11.9. The predicted octanol–water partition coefficient (Wildman–Crippen LogP) is 1.23. The van der Waals surface area contributed by atoms with Crippen molar-refractivity contribution in [3.63, 3.8) is 0 Å². The number of fused-ring (bicyclic) bond motifs is 1. The molecule has 4 atom stereocenters. The van der Waals surface area contributed by atoms with E-state index in [9.17, 15) is 9.59 Å². The number of hydrogen-bond donors (Lipinski definition) is 2. The van der Waals surface area contributed by atoms with Crippen molar-refractivity contribution in [3.05, 3.63) is 0 Å². The Balaban J connectivity index is 2.05. The number of rotatable bonds is 3. The molecule has 126 valence electrons. The Morgan fingerprint density at radius 2 is 1.82 bits per heavy atom. The fourth-order valence-electron chi connectivity index (χ4n) is 2.56. The van der Waals surface area contributed by atoms with Crippen LogP contribution in [0.4, 0.5) is 4.79 Å². The van der Waals surface area contributed by atoms with E-state index in [1.165, 1.54) is 0 Å². The maximum absolute atomic E-state index is 11.9. The first-order valence-corrected chi connectivity index (χ1v) is 7.19. The molecule has 2 saturated heterocycles. The van der Waals surface area contributed by atoms with Crippen LogP contribution in [0.25, 0.3) is 0 Å². The summed E-state index contributed by atoms with van der Waals surface area (Å²) >= 11 is 0. The SMILES string of the molecule is CC(C)(C)OC(=O)N[C@H]1O[C@@H](CC(=O)O)[C@@H]2OC(C)(C)O[C@@H]21. The summed E-state index contributed by atoms with van der Waals surface area (Å²) in [5.41, 5.74) is -0.644. The molecule has 2 fully saturated rings. The van der Waals surface area contributed by atoms with Crippen molar-refractivity contribution >= 4 is 12.1 Å². The molecule has 0 unspecified atom stereocenters. The highest BCUT2D eigenvalue weighted by Crippen LogP contribution is 2.39. The summed E-state index contributed by atoms with van der Waals surface area (Å²) in [4.78, 5) is 22.8. The topological polar surface area (TPSA) is 103 Å². The van der Waals surface area contributed by atoms with E-state index in [0.29, 0.717) is 0 Å². The van der Waals surface area contributed by atoms with E-state index in [0.717, 1.165) is 0 Å². The average molecular weight is 317 g/mol. The highest BCUT2D eigenvalue weighted by molar-refractivity contribution is 5.68. The molecule has 1 amide bonds. The summed E-state index contributed by atoms with van der Waals surface area (Å²) in [7, 11) is 0. The van der Waals surface area contributed by atoms with E-state index in [1.807, 2.05) is 0 Å². The number of carbonyl (C=O) groups excluding carboxylic acids is 1. The van der Waals surface area contributed by atoms with Crippen molar-refractivity contribution in [2.24, 2.45) is 0 Å². The molecule has 8 heteroatoms. The van der Waals surface area contributed by atoms with Gasteiger partial charge in [-0.1, -0.05) is 0 Å². The number of carbonyl (C=O) groups is 2. The van der Waals surface area contributed by atoms with Gasteiger partial charge in [-0.05, 0) is 34.6 Å². The lowest BCUT2D eigenvalue weighted by Crippen LogP contribution is -2.45. The van der Waals surface area contributed by atoms with E-state index in [2.05, 4.69) is 5.32 Å². The predicted molar refractivity (Wildman–Crippen MR) is 74.1 cm³/mol. The number of carboxylic acid groups (broad SMARTS) is 1. The molecule has 0 aromatic rings. The third-order valence-corrected chi connectivity index (χ3v) is 3.18. The average Bonchev–Trinajstić information content (AvgIpc) is 2.72. The molecule has 2 aliphatic heterocycles. The monoisotopic (exact) mass is 317 g/mol. The second-order valence-corrected chi connectivity index (χ2v) is 6.90. The zero-order valence-corrected chi connectivity index (χ0v) is 13.4. The first-order chi connectivity index (χ1) is 9.97. The third-order valence-electron chi connectivity index (χ3n) is 3.18. The van der Waals surface area contributed by atoms with Crippen LogP contribution < -0.4 is 5.32 Å². The highest BCUT2D eigenvalue weighted by atomic mass is 16.8. The number of alkyl carbamates (subject to hydrolysis) is 1. The van der Waals surface area contributed by atoms with E-state index in [1.54, 1.807) is 34.6 Å². The van der Waals surface area contributed by atoms with Crippen LogP contribution in [0.15, 0.2) is 0 Å². The molecule has 22 heavy (non-hydrogen) atoms. The molecule has 0 aromatic heterocycles. The second-order valence-electron chi connectivity index (χ2n) is 6.90. The minimum Gasteiger partial charge on any atom is -0.481 e. The van der Waals surface area contributed by atoms with Gasteiger partial charge in [0.25, 0.3) is 0 Å². The van der Waals surface area contributed by atoms with Crippen LogP contribution in [0, 0.1) is 0 Å². The largest absolute Gasteiger partial charge is 0.481 e. The number of nitrogens with one attached hydrogen (secondary N) is 1. The summed E-state index contributed by atoms with van der Waals surface area (Å²) in [5, 5.41) is 11.5. The zero-order chi connectivity index (χ0) is 16.7. The molecule has 0 spiro atoms. The normalized spacial score (nSPS) is 33.3. The van der Waals surface area contributed by atoms with Crippen molar-refractivity contribution in [1.82, 2.24) is 5.32 Å². The minimum absolute atomic E-state index is 0.229. The Bertz CT molecular complexity index is 457. The smallest absolute Gasteiger partial charge is 0.409 e. The summed E-state index contributed by atoms with van der Waals surface area (Å²) < 4.78 is 22.2. The summed E-state index contributed by atoms with van der Waals surface area (Å²) in [6, 6.07) is 0. The Hall–Kier alpha value is -1.38. The Labute approximate surface area is 129 Å². The molecule has 0 saturated carbocycles. The standard InChI is InChI=1S/C14H23NO7/c1-13(2,3)22-12(18)15-11-10-9(20-14(4,5)21-10)7(19-11)6-8(16)17/h7,9-11H,6H2,1-5H3,(H,15,18)(H,16,17)/t7-,9-,10-,11-/m0/s1. The number of aliphatic carboxylic acids is 1. The molecule has 2 rings (SSSR count). The molecule has 0 radical (unpaired) electrons. The second kappa shape index (κ2) is 5.68. The van der Waals surface area contributed by atoms with E-state index in [-0.39, 0.29) is 6.42 Å². The van der Waals surface area contributed by atoms with Crippen molar-refractivity contribution in [1.29, 1.82) is 0 Å². The summed E-state index contributed by atoms with van der Waals surface area (Å²) in [6.45, 7) is 8.70. The zero-order valence-electron chi connectivity index (χ0n) is 13.4. The van der Waals surface area contributed by atoms with Crippen LogP contribution >= 0.6 is 0 Å². The first-order valence-electron chi connectivity index (χ1n) is 7.19. The minimum atomic E-state index is -1.00. The van der Waals surface area contributed by atoms with E-state index in [4.69, 9.17) is 24.1 Å². The van der Waals surface area contributed by atoms with Gasteiger partial charge in [0.15, 0.2) is 12.0 Å². The van der Waals surface area contributed by atoms with Gasteiger partial charge < -0.3 is 24.1 Å². The molecule has 0 bridgehead atoms. The van der Waals surface area contributed by atoms with E-state index < -0.39 is 48.0 Å². The lowest BCUT2D eigenvalue weighted by molar-refractivity contribution is -0.191. The van der Waals surface area contributed by atoms with Gasteiger partial charge in [0, 0.05) is 0 Å². The number of ether oxygens (including phenoxy) is 4. The molecule has 2 N–H and O–H groups in total. The Morgan fingerprint density at radius 3 is 2.36 bits per heavy atom. The summed E-state index contributed by atoms with van der Waals surface area (Å²) in [6.07, 6.45) is -3.51. The summed E-state index contributed by atoms with van der Waals surface area (Å²) in [5.74, 6) is -1.86. The lowest BCUT2D eigenvalue weighted by atomic mass is 10.1. The molecule has 0 aromatic carbocycles.